The van der Waals surface area contributed by atoms with Crippen LogP contribution < -0.4 is 5.32 Å². The minimum absolute atomic E-state index is 0.0265. The Morgan fingerprint density at radius 3 is 1.11 bits per heavy atom. The first-order valence-electron chi connectivity index (χ1n) is 33.6. The van der Waals surface area contributed by atoms with Gasteiger partial charge < -0.3 is 20.3 Å². The zero-order valence-electron chi connectivity index (χ0n) is 50.7. The van der Waals surface area contributed by atoms with E-state index < -0.39 is 12.1 Å². The van der Waals surface area contributed by atoms with E-state index in [-0.39, 0.29) is 18.5 Å². The van der Waals surface area contributed by atoms with Crippen LogP contribution in [0.15, 0.2) is 60.8 Å². The van der Waals surface area contributed by atoms with E-state index >= 15 is 0 Å². The number of esters is 1. The van der Waals surface area contributed by atoms with Crippen molar-refractivity contribution in [2.24, 2.45) is 0 Å². The molecule has 6 heteroatoms. The summed E-state index contributed by atoms with van der Waals surface area (Å²) in [6.45, 7) is 4.84. The molecule has 0 aliphatic rings. The number of allylic oxidation sites excluding steroid dienone is 9. The van der Waals surface area contributed by atoms with Crippen LogP contribution >= 0.6 is 0 Å². The molecule has 0 fully saturated rings. The molecular weight excluding hydrogens is 935 g/mol. The van der Waals surface area contributed by atoms with Crippen LogP contribution in [0.25, 0.3) is 0 Å². The number of aliphatic hydroxyl groups is 2. The number of unbranched alkanes of at least 4 members (excludes halogenated alkanes) is 44. The Morgan fingerprint density at radius 2 is 0.697 bits per heavy atom. The fraction of sp³-hybridized carbons (Fsp3) is 0.829. The molecular formula is C70H129NO5. The second kappa shape index (κ2) is 65.1. The number of carbonyl (C=O) groups is 2. The maximum Gasteiger partial charge on any atom is 0.305 e. The van der Waals surface area contributed by atoms with Gasteiger partial charge in [-0.2, -0.15) is 0 Å². The summed E-state index contributed by atoms with van der Waals surface area (Å²) in [5.74, 6) is -0.115. The molecule has 0 aromatic carbocycles. The lowest BCUT2D eigenvalue weighted by Gasteiger charge is -2.20. The predicted octanol–water partition coefficient (Wildman–Crippen LogP) is 21.5. The van der Waals surface area contributed by atoms with Crippen molar-refractivity contribution in [3.63, 3.8) is 0 Å². The van der Waals surface area contributed by atoms with Crippen LogP contribution in [0.5, 0.6) is 0 Å². The van der Waals surface area contributed by atoms with E-state index in [0.29, 0.717) is 19.4 Å². The fourth-order valence-corrected chi connectivity index (χ4v) is 10.1. The molecule has 0 saturated heterocycles. The molecule has 0 spiro atoms. The van der Waals surface area contributed by atoms with Gasteiger partial charge in [-0.05, 0) is 96.3 Å². The lowest BCUT2D eigenvalue weighted by Crippen LogP contribution is -2.45. The normalized spacial score (nSPS) is 12.9. The van der Waals surface area contributed by atoms with Crippen molar-refractivity contribution < 1.29 is 24.5 Å². The van der Waals surface area contributed by atoms with Gasteiger partial charge in [-0.25, -0.2) is 0 Å². The van der Waals surface area contributed by atoms with Crippen LogP contribution in [0.1, 0.15) is 348 Å². The molecule has 2 unspecified atom stereocenters. The Hall–Kier alpha value is -2.44. The first-order valence-corrected chi connectivity index (χ1v) is 33.6. The topological polar surface area (TPSA) is 95.9 Å². The summed E-state index contributed by atoms with van der Waals surface area (Å²) >= 11 is 0. The van der Waals surface area contributed by atoms with Crippen molar-refractivity contribution in [3.05, 3.63) is 60.8 Å². The zero-order chi connectivity index (χ0) is 55.0. The number of rotatable bonds is 62. The van der Waals surface area contributed by atoms with Crippen molar-refractivity contribution in [1.29, 1.82) is 0 Å². The molecule has 6 nitrogen and oxygen atoms in total. The number of carbonyl (C=O) groups excluding carboxylic acids is 2. The summed E-state index contributed by atoms with van der Waals surface area (Å²) in [5, 5.41) is 23.2. The summed E-state index contributed by atoms with van der Waals surface area (Å²) in [6, 6.07) is -0.648. The van der Waals surface area contributed by atoms with E-state index in [1.807, 2.05) is 6.08 Å². The Bertz CT molecular complexity index is 1320. The molecule has 76 heavy (non-hydrogen) atoms. The first kappa shape index (κ1) is 73.6. The average Bonchev–Trinajstić information content (AvgIpc) is 3.42. The van der Waals surface area contributed by atoms with Crippen LogP contribution in [0.4, 0.5) is 0 Å². The van der Waals surface area contributed by atoms with Crippen molar-refractivity contribution in [1.82, 2.24) is 5.32 Å². The molecule has 1 amide bonds. The molecule has 0 aliphatic heterocycles. The summed E-state index contributed by atoms with van der Waals surface area (Å²) < 4.78 is 5.47. The highest BCUT2D eigenvalue weighted by molar-refractivity contribution is 5.76. The van der Waals surface area contributed by atoms with Gasteiger partial charge in [0.15, 0.2) is 0 Å². The van der Waals surface area contributed by atoms with Gasteiger partial charge in [0.2, 0.25) is 5.91 Å². The SMILES string of the molecule is CCCCC/C=C\C/C=C\CCCCCCCCCCCC(=O)OCCCCC/C=C\C=C/CCCCCCCCC(=O)NC(CO)C(O)/C=C/CCCCCCCCCCCCCCCCCCCCCCCCC. The van der Waals surface area contributed by atoms with E-state index in [0.717, 1.165) is 83.5 Å². The molecule has 0 saturated carbocycles. The van der Waals surface area contributed by atoms with Gasteiger partial charge >= 0.3 is 5.97 Å². The van der Waals surface area contributed by atoms with E-state index in [1.165, 1.54) is 238 Å². The van der Waals surface area contributed by atoms with Crippen LogP contribution in [0, 0.1) is 0 Å². The van der Waals surface area contributed by atoms with E-state index in [9.17, 15) is 19.8 Å². The second-order valence-electron chi connectivity index (χ2n) is 22.8. The first-order chi connectivity index (χ1) is 37.5. The monoisotopic (exact) mass is 1060 g/mol. The lowest BCUT2D eigenvalue weighted by molar-refractivity contribution is -0.143. The van der Waals surface area contributed by atoms with E-state index in [2.05, 4.69) is 67.8 Å². The minimum atomic E-state index is -0.862. The maximum absolute atomic E-state index is 12.5. The third-order valence-corrected chi connectivity index (χ3v) is 15.3. The van der Waals surface area contributed by atoms with Crippen molar-refractivity contribution in [3.8, 4) is 0 Å². The number of hydrogen-bond acceptors (Lipinski definition) is 5. The molecule has 3 N–H and O–H groups in total. The molecule has 0 aromatic rings. The Labute approximate surface area is 473 Å². The van der Waals surface area contributed by atoms with Crippen molar-refractivity contribution in [2.75, 3.05) is 13.2 Å². The molecule has 0 heterocycles. The number of hydrogen-bond donors (Lipinski definition) is 3. The fourth-order valence-electron chi connectivity index (χ4n) is 10.1. The lowest BCUT2D eigenvalue weighted by atomic mass is 10.0. The highest BCUT2D eigenvalue weighted by Crippen LogP contribution is 2.17. The third-order valence-electron chi connectivity index (χ3n) is 15.3. The Balaban J connectivity index is 3.53. The molecule has 0 rings (SSSR count). The highest BCUT2D eigenvalue weighted by Gasteiger charge is 2.18. The molecule has 0 radical (unpaired) electrons. The Kier molecular flexibility index (Phi) is 63.0. The molecule has 0 bridgehead atoms. The quantitative estimate of drug-likeness (QED) is 0.0244. The van der Waals surface area contributed by atoms with Crippen LogP contribution in [0.3, 0.4) is 0 Å². The van der Waals surface area contributed by atoms with Crippen LogP contribution in [-0.4, -0.2) is 47.4 Å². The van der Waals surface area contributed by atoms with E-state index in [1.54, 1.807) is 6.08 Å². The summed E-state index contributed by atoms with van der Waals surface area (Å²) in [4.78, 5) is 24.6. The maximum atomic E-state index is 12.5. The van der Waals surface area contributed by atoms with Gasteiger partial charge in [0.05, 0.1) is 25.4 Å². The average molecular weight is 1060 g/mol. The van der Waals surface area contributed by atoms with Gasteiger partial charge in [0, 0.05) is 12.8 Å². The largest absolute Gasteiger partial charge is 0.466 e. The molecule has 0 aliphatic carbocycles. The zero-order valence-corrected chi connectivity index (χ0v) is 50.7. The minimum Gasteiger partial charge on any atom is -0.466 e. The molecule has 0 aromatic heterocycles. The van der Waals surface area contributed by atoms with Gasteiger partial charge in [-0.15, -0.1) is 0 Å². The summed E-state index contributed by atoms with van der Waals surface area (Å²) in [6.07, 6.45) is 85.6. The number of amides is 1. The van der Waals surface area contributed by atoms with Gasteiger partial charge in [-0.1, -0.05) is 299 Å². The standard InChI is InChI=1S/C70H129NO5/c1-3-5-7-9-11-13-15-17-19-21-23-24-25-26-27-28-30-31-34-38-42-46-50-54-58-62-68(73)67(66-72)71-69(74)63-59-55-51-47-43-39-35-33-37-41-45-49-53-57-61-65-76-70(75)64-60-56-52-48-44-40-36-32-29-22-20-18-16-14-12-10-8-6-4-2/h12,14,18,20,33,37,41,45,58,62,67-68,72-73H,3-11,13,15-17,19,21-32,34-36,38-40,42-44,46-57,59-61,63-66H2,1-2H3,(H,71,74)/b14-12-,20-18-,37-33-,45-41-,62-58+. The highest BCUT2D eigenvalue weighted by atomic mass is 16.5. The van der Waals surface area contributed by atoms with Gasteiger partial charge in [-0.3, -0.25) is 9.59 Å². The molecule has 2 atom stereocenters. The van der Waals surface area contributed by atoms with E-state index in [4.69, 9.17) is 4.74 Å². The third kappa shape index (κ3) is 60.8. The molecule has 444 valence electrons. The number of ether oxygens (including phenoxy) is 1. The second-order valence-corrected chi connectivity index (χ2v) is 22.8. The number of aliphatic hydroxyl groups excluding tert-OH is 2. The van der Waals surface area contributed by atoms with Gasteiger partial charge in [0.1, 0.15) is 0 Å². The summed E-state index contributed by atoms with van der Waals surface area (Å²) in [7, 11) is 0. The van der Waals surface area contributed by atoms with Crippen molar-refractivity contribution in [2.45, 2.75) is 360 Å². The Morgan fingerprint density at radius 1 is 0.382 bits per heavy atom. The van der Waals surface area contributed by atoms with Crippen LogP contribution in [-0.2, 0) is 14.3 Å². The van der Waals surface area contributed by atoms with Crippen LogP contribution in [0.2, 0.25) is 0 Å². The predicted molar refractivity (Wildman–Crippen MR) is 333 cm³/mol. The smallest absolute Gasteiger partial charge is 0.305 e. The van der Waals surface area contributed by atoms with Gasteiger partial charge in [0.25, 0.3) is 0 Å². The number of nitrogens with one attached hydrogen (secondary N) is 1. The van der Waals surface area contributed by atoms with Crippen molar-refractivity contribution >= 4 is 11.9 Å². The summed E-state index contributed by atoms with van der Waals surface area (Å²) in [5.41, 5.74) is 0.